The van der Waals surface area contributed by atoms with E-state index in [-0.39, 0.29) is 23.2 Å². The van der Waals surface area contributed by atoms with Crippen molar-refractivity contribution in [3.8, 4) is 0 Å². The van der Waals surface area contributed by atoms with Crippen LogP contribution in [-0.2, 0) is 33.2 Å². The number of carboxylic acids is 1. The fraction of sp³-hybridized carbons (Fsp3) is 0.607. The van der Waals surface area contributed by atoms with Crippen LogP contribution in [0.1, 0.15) is 18.9 Å². The Morgan fingerprint density at radius 3 is 1.83 bits per heavy atom. The van der Waals surface area contributed by atoms with E-state index in [9.17, 15) is 25.0 Å². The van der Waals surface area contributed by atoms with E-state index in [2.05, 4.69) is 22.1 Å². The van der Waals surface area contributed by atoms with Gasteiger partial charge in [0.2, 0.25) is 5.00 Å². The minimum absolute atomic E-state index is 0.133. The van der Waals surface area contributed by atoms with Crippen molar-refractivity contribution >= 4 is 44.4 Å². The molecule has 0 saturated carbocycles. The zero-order valence-electron chi connectivity index (χ0n) is 26.0. The highest BCUT2D eigenvalue weighted by atomic mass is 32.1. The van der Waals surface area contributed by atoms with Gasteiger partial charge in [0, 0.05) is 18.8 Å². The molecule has 0 saturated heterocycles. The molecular formula is C28H41N5O12S. The summed E-state index contributed by atoms with van der Waals surface area (Å²) in [6, 6.07) is 6.47. The normalized spacial score (nSPS) is 11.3. The Hall–Kier alpha value is -3.65. The summed E-state index contributed by atoms with van der Waals surface area (Å²) < 4.78 is 32.2. The van der Waals surface area contributed by atoms with Crippen LogP contribution in [0.3, 0.4) is 0 Å². The third kappa shape index (κ3) is 15.6. The van der Waals surface area contributed by atoms with E-state index in [4.69, 9.17) is 33.5 Å². The van der Waals surface area contributed by atoms with Crippen LogP contribution in [-0.4, -0.2) is 113 Å². The minimum atomic E-state index is -1.01. The number of rotatable bonds is 27. The van der Waals surface area contributed by atoms with Gasteiger partial charge in [-0.15, -0.1) is 10.2 Å². The number of azo groups is 1. The number of hydrogen-bond acceptors (Lipinski definition) is 15. The molecule has 2 aromatic rings. The largest absolute Gasteiger partial charge is 0.480 e. The zero-order chi connectivity index (χ0) is 33.6. The van der Waals surface area contributed by atoms with E-state index in [1.54, 1.807) is 6.07 Å². The van der Waals surface area contributed by atoms with Crippen molar-refractivity contribution in [1.29, 1.82) is 0 Å². The summed E-state index contributed by atoms with van der Waals surface area (Å²) in [6.07, 6.45) is 0.925. The Kier molecular flexibility index (Phi) is 19.1. The highest BCUT2D eigenvalue weighted by Gasteiger charge is 2.25. The van der Waals surface area contributed by atoms with Crippen molar-refractivity contribution in [1.82, 2.24) is 0 Å². The van der Waals surface area contributed by atoms with Crippen LogP contribution >= 0.6 is 11.3 Å². The molecule has 0 bridgehead atoms. The second-order valence-corrected chi connectivity index (χ2v) is 10.5. The van der Waals surface area contributed by atoms with Gasteiger partial charge in [0.25, 0.3) is 0 Å². The van der Waals surface area contributed by atoms with Crippen LogP contribution in [0.5, 0.6) is 0 Å². The molecule has 0 atom stereocenters. The number of carbonyl (C=O) groups is 1. The lowest BCUT2D eigenvalue weighted by molar-refractivity contribution is -0.389. The molecule has 0 radical (unpaired) electrons. The van der Waals surface area contributed by atoms with Crippen LogP contribution in [0.25, 0.3) is 0 Å². The number of carboxylic acid groups (broad SMARTS) is 1. The van der Waals surface area contributed by atoms with Crippen molar-refractivity contribution in [3.05, 3.63) is 50.1 Å². The van der Waals surface area contributed by atoms with E-state index in [1.807, 2.05) is 19.1 Å². The fourth-order valence-corrected chi connectivity index (χ4v) is 4.54. The number of nitro groups is 2. The van der Waals surface area contributed by atoms with Crippen LogP contribution in [0, 0.1) is 27.2 Å². The number of nitrogens with zero attached hydrogens (tertiary/aromatic N) is 5. The highest BCUT2D eigenvalue weighted by molar-refractivity contribution is 7.19. The summed E-state index contributed by atoms with van der Waals surface area (Å²) in [4.78, 5) is 33.3. The maximum absolute atomic E-state index is 11.2. The topological polar surface area (TPSA) is 207 Å². The first kappa shape index (κ1) is 38.5. The second kappa shape index (κ2) is 22.8. The molecule has 17 nitrogen and oxygen atoms in total. The molecule has 46 heavy (non-hydrogen) atoms. The van der Waals surface area contributed by atoms with Gasteiger partial charge >= 0.3 is 16.7 Å². The van der Waals surface area contributed by atoms with Crippen molar-refractivity contribution in [2.45, 2.75) is 20.3 Å². The third-order valence-electron chi connectivity index (χ3n) is 5.94. The van der Waals surface area contributed by atoms with E-state index >= 15 is 0 Å². The number of aliphatic carboxylic acids is 1. The molecule has 0 spiro atoms. The first-order valence-corrected chi connectivity index (χ1v) is 15.4. The van der Waals surface area contributed by atoms with Gasteiger partial charge in [0.05, 0.1) is 88.2 Å². The third-order valence-corrected chi connectivity index (χ3v) is 6.90. The Balaban J connectivity index is 1.60. The minimum Gasteiger partial charge on any atom is -0.480 e. The number of hydrogen-bond donors (Lipinski definition) is 1. The van der Waals surface area contributed by atoms with Crippen molar-refractivity contribution < 1.29 is 48.2 Å². The van der Waals surface area contributed by atoms with Crippen molar-refractivity contribution in [2.75, 3.05) is 97.3 Å². The SMILES string of the molecule is CCCN(CCOCCOCCOCCOCCOCCOCC(=O)O)c1ccc(/N=N/c2sc([N+](=O)[O-])cc2[N+](=O)[O-])c(C)c1. The number of anilines is 1. The van der Waals surface area contributed by atoms with Crippen LogP contribution in [0.2, 0.25) is 0 Å². The zero-order valence-corrected chi connectivity index (χ0v) is 26.8. The van der Waals surface area contributed by atoms with Gasteiger partial charge < -0.3 is 38.4 Å². The Morgan fingerprint density at radius 1 is 0.804 bits per heavy atom. The Labute approximate surface area is 270 Å². The summed E-state index contributed by atoms with van der Waals surface area (Å²) in [5.41, 5.74) is 1.81. The molecule has 0 aliphatic rings. The monoisotopic (exact) mass is 671 g/mol. The van der Waals surface area contributed by atoms with E-state index in [0.29, 0.717) is 89.6 Å². The van der Waals surface area contributed by atoms with E-state index < -0.39 is 21.5 Å². The average Bonchev–Trinajstić information content (AvgIpc) is 3.46. The molecule has 1 aromatic heterocycles. The summed E-state index contributed by atoms with van der Waals surface area (Å²) in [5, 5.41) is 38.2. The van der Waals surface area contributed by atoms with E-state index in [1.165, 1.54) is 0 Å². The molecule has 18 heteroatoms. The molecule has 0 aliphatic carbocycles. The lowest BCUT2D eigenvalue weighted by Crippen LogP contribution is -2.28. The average molecular weight is 672 g/mol. The smallest absolute Gasteiger partial charge is 0.333 e. The first-order valence-electron chi connectivity index (χ1n) is 14.6. The Bertz CT molecular complexity index is 1250. The maximum atomic E-state index is 11.2. The summed E-state index contributed by atoms with van der Waals surface area (Å²) in [5.74, 6) is -1.01. The van der Waals surface area contributed by atoms with Gasteiger partial charge in [-0.05, 0) is 48.4 Å². The standard InChI is InChI=1S/C28H41N5O12S/c1-3-6-31(7-8-40-9-10-41-11-12-42-13-14-43-15-16-44-17-18-45-21-27(34)35)23-4-5-24(22(2)19-23)29-30-28-25(32(36)37)20-26(46-28)33(38)39/h4-5,19-20H,3,6-18,21H2,1-2H3,(H,34,35)/b30-29+. The molecule has 1 aromatic carbocycles. The summed E-state index contributed by atoms with van der Waals surface area (Å²) >= 11 is 0.601. The lowest BCUT2D eigenvalue weighted by atomic mass is 10.1. The van der Waals surface area contributed by atoms with Gasteiger partial charge in [0.1, 0.15) is 12.7 Å². The molecule has 1 heterocycles. The molecule has 0 fully saturated rings. The molecule has 256 valence electrons. The van der Waals surface area contributed by atoms with Crippen molar-refractivity contribution in [2.24, 2.45) is 10.2 Å². The maximum Gasteiger partial charge on any atom is 0.333 e. The van der Waals surface area contributed by atoms with Gasteiger partial charge in [-0.3, -0.25) is 20.2 Å². The lowest BCUT2D eigenvalue weighted by Gasteiger charge is -2.25. The van der Waals surface area contributed by atoms with Crippen LogP contribution in [0.4, 0.5) is 27.1 Å². The van der Waals surface area contributed by atoms with Gasteiger partial charge in [-0.25, -0.2) is 4.79 Å². The summed E-state index contributed by atoms with van der Waals surface area (Å²) in [7, 11) is 0. The number of benzene rings is 1. The van der Waals surface area contributed by atoms with Crippen molar-refractivity contribution in [3.63, 3.8) is 0 Å². The number of aryl methyl sites for hydroxylation is 1. The molecule has 1 N–H and O–H groups in total. The summed E-state index contributed by atoms with van der Waals surface area (Å²) in [6.45, 7) is 9.48. The van der Waals surface area contributed by atoms with E-state index in [0.717, 1.165) is 30.3 Å². The molecule has 2 rings (SSSR count). The molecule has 0 aliphatic heterocycles. The fourth-order valence-electron chi connectivity index (χ4n) is 3.77. The number of ether oxygens (including phenoxy) is 6. The number of thiophene rings is 1. The van der Waals surface area contributed by atoms with Gasteiger partial charge in [-0.2, -0.15) is 0 Å². The Morgan fingerprint density at radius 2 is 1.35 bits per heavy atom. The first-order chi connectivity index (χ1) is 22.2. The predicted octanol–water partition coefficient (Wildman–Crippen LogP) is 4.69. The van der Waals surface area contributed by atoms with Crippen LogP contribution < -0.4 is 4.90 Å². The molecular weight excluding hydrogens is 630 g/mol. The second-order valence-electron chi connectivity index (χ2n) is 9.46. The molecule has 0 amide bonds. The predicted molar refractivity (Wildman–Crippen MR) is 168 cm³/mol. The quantitative estimate of drug-likeness (QED) is 0.0593. The molecule has 0 unspecified atom stereocenters. The highest BCUT2D eigenvalue weighted by Crippen LogP contribution is 2.42. The van der Waals surface area contributed by atoms with Gasteiger partial charge in [0.15, 0.2) is 0 Å². The van der Waals surface area contributed by atoms with Gasteiger partial charge in [-0.1, -0.05) is 6.92 Å². The van der Waals surface area contributed by atoms with Crippen LogP contribution in [0.15, 0.2) is 34.5 Å².